The summed E-state index contributed by atoms with van der Waals surface area (Å²) in [7, 11) is 0. The number of unbranched alkanes of at least 4 members (excludes halogenated alkanes) is 2. The Hall–Kier alpha value is -4.92. The number of ether oxygens (including phenoxy) is 6. The van der Waals surface area contributed by atoms with Gasteiger partial charge in [0.25, 0.3) is 0 Å². The summed E-state index contributed by atoms with van der Waals surface area (Å²) in [6, 6.07) is 10.5. The van der Waals surface area contributed by atoms with Crippen LogP contribution in [-0.2, 0) is 10.2 Å². The minimum absolute atomic E-state index is 0.0450. The first kappa shape index (κ1) is 31.1. The van der Waals surface area contributed by atoms with Crippen molar-refractivity contribution in [3.05, 3.63) is 77.6 Å². The van der Waals surface area contributed by atoms with Gasteiger partial charge in [-0.05, 0) is 49.9 Å². The van der Waals surface area contributed by atoms with Gasteiger partial charge in [-0.25, -0.2) is 4.39 Å². The fourth-order valence-electron chi connectivity index (χ4n) is 5.96. The van der Waals surface area contributed by atoms with Crippen LogP contribution < -0.4 is 33.7 Å². The first-order valence-electron chi connectivity index (χ1n) is 15.0. The average Bonchev–Trinajstić information content (AvgIpc) is 3.77. The third-order valence-corrected chi connectivity index (χ3v) is 8.14. The Kier molecular flexibility index (Phi) is 8.92. The van der Waals surface area contributed by atoms with Crippen molar-refractivity contribution in [3.8, 4) is 46.8 Å². The molecule has 1 amide bonds. The van der Waals surface area contributed by atoms with Crippen LogP contribution in [-0.4, -0.2) is 55.1 Å². The van der Waals surface area contributed by atoms with E-state index in [9.17, 15) is 19.4 Å². The lowest BCUT2D eigenvalue weighted by Gasteiger charge is -2.32. The molecule has 0 aliphatic carbocycles. The number of amides is 1. The maximum absolute atomic E-state index is 14.6. The summed E-state index contributed by atoms with van der Waals surface area (Å²) in [5.41, 5.74) is -0.402. The summed E-state index contributed by atoms with van der Waals surface area (Å²) in [5, 5.41) is 24.1. The number of aliphatic hydroxyl groups is 2. The van der Waals surface area contributed by atoms with Gasteiger partial charge in [-0.1, -0.05) is 12.1 Å². The maximum Gasteiger partial charge on any atom is 0.244 e. The first-order chi connectivity index (χ1) is 22.3. The van der Waals surface area contributed by atoms with Crippen LogP contribution in [0.2, 0.25) is 0 Å². The van der Waals surface area contributed by atoms with Crippen LogP contribution in [0.4, 0.5) is 10.1 Å². The molecule has 0 spiro atoms. The van der Waals surface area contributed by atoms with Crippen LogP contribution in [0, 0.1) is 18.2 Å². The van der Waals surface area contributed by atoms with E-state index >= 15 is 0 Å². The highest BCUT2D eigenvalue weighted by molar-refractivity contribution is 6.12. The van der Waals surface area contributed by atoms with Gasteiger partial charge in [0.05, 0.1) is 12.2 Å². The third kappa shape index (κ3) is 5.77. The highest BCUT2D eigenvalue weighted by Crippen LogP contribution is 2.57. The lowest BCUT2D eigenvalue weighted by molar-refractivity contribution is -0.118. The van der Waals surface area contributed by atoms with Crippen LogP contribution in [0.15, 0.2) is 55.1 Å². The van der Waals surface area contributed by atoms with Crippen molar-refractivity contribution in [2.24, 2.45) is 0 Å². The van der Waals surface area contributed by atoms with E-state index in [-0.39, 0.29) is 50.4 Å². The van der Waals surface area contributed by atoms with E-state index in [0.29, 0.717) is 59.0 Å². The van der Waals surface area contributed by atoms with E-state index in [1.807, 2.05) is 0 Å². The molecule has 3 N–H and O–H groups in total. The van der Waals surface area contributed by atoms with Gasteiger partial charge in [0, 0.05) is 40.9 Å². The Bertz CT molecular complexity index is 1690. The van der Waals surface area contributed by atoms with Crippen molar-refractivity contribution < 1.29 is 47.8 Å². The Morgan fingerprint density at radius 1 is 0.913 bits per heavy atom. The number of fused-ring (bicyclic) bond motifs is 3. The number of anilines is 1. The minimum atomic E-state index is -1.71. The van der Waals surface area contributed by atoms with Crippen LogP contribution in [0.3, 0.4) is 0 Å². The summed E-state index contributed by atoms with van der Waals surface area (Å²) >= 11 is 0. The molecule has 240 valence electrons. The summed E-state index contributed by atoms with van der Waals surface area (Å²) in [4.78, 5) is 14.5. The summed E-state index contributed by atoms with van der Waals surface area (Å²) in [5.74, 6) is 3.49. The van der Waals surface area contributed by atoms with Crippen LogP contribution in [0.1, 0.15) is 48.8 Å². The molecule has 0 radical (unpaired) electrons. The Morgan fingerprint density at radius 2 is 1.50 bits per heavy atom. The second-order valence-corrected chi connectivity index (χ2v) is 11.2. The normalized spacial score (nSPS) is 18.3. The number of aliphatic hydroxyl groups excluding tert-OH is 2. The SMILES string of the molecule is C#CCCCC[C@@H](O)COc1cc2c(cc1C1(c3cc4c(cc3OC[C@H](O)CC=C)OCO4)C(=O)Nc3cc(F)ccc31)OCO2. The molecule has 1 unspecified atom stereocenters. The molecule has 3 heterocycles. The molecule has 46 heavy (non-hydrogen) atoms. The molecule has 0 fully saturated rings. The minimum Gasteiger partial charge on any atom is -0.490 e. The van der Waals surface area contributed by atoms with Gasteiger partial charge in [0.2, 0.25) is 19.5 Å². The number of nitrogens with one attached hydrogen (secondary N) is 1. The molecular weight excluding hydrogens is 597 g/mol. The number of hydrogen-bond donors (Lipinski definition) is 3. The molecule has 3 aromatic rings. The monoisotopic (exact) mass is 631 g/mol. The largest absolute Gasteiger partial charge is 0.490 e. The van der Waals surface area contributed by atoms with E-state index in [1.54, 1.807) is 30.3 Å². The molecule has 11 heteroatoms. The van der Waals surface area contributed by atoms with Gasteiger partial charge in [-0.15, -0.1) is 18.9 Å². The fraction of sp³-hybridized carbons (Fsp3) is 0.343. The number of rotatable bonds is 14. The van der Waals surface area contributed by atoms with E-state index in [0.717, 1.165) is 6.42 Å². The Morgan fingerprint density at radius 3 is 2.09 bits per heavy atom. The molecule has 3 aliphatic rings. The van der Waals surface area contributed by atoms with E-state index in [1.165, 1.54) is 18.2 Å². The second kappa shape index (κ2) is 13.2. The van der Waals surface area contributed by atoms with Crippen molar-refractivity contribution in [2.75, 3.05) is 32.1 Å². The molecule has 0 bridgehead atoms. The van der Waals surface area contributed by atoms with Gasteiger partial charge in [0.1, 0.15) is 35.9 Å². The highest BCUT2D eigenvalue weighted by atomic mass is 19.1. The van der Waals surface area contributed by atoms with Crippen molar-refractivity contribution in [3.63, 3.8) is 0 Å². The van der Waals surface area contributed by atoms with Crippen LogP contribution in [0.25, 0.3) is 0 Å². The molecule has 3 aliphatic heterocycles. The van der Waals surface area contributed by atoms with Gasteiger partial charge in [0.15, 0.2) is 23.0 Å². The number of halogens is 1. The van der Waals surface area contributed by atoms with Gasteiger partial charge >= 0.3 is 0 Å². The molecule has 3 atom stereocenters. The lowest BCUT2D eigenvalue weighted by Crippen LogP contribution is -2.38. The molecular formula is C35H34FNO9. The van der Waals surface area contributed by atoms with Crippen molar-refractivity contribution >= 4 is 11.6 Å². The number of benzene rings is 3. The summed E-state index contributed by atoms with van der Waals surface area (Å²) in [6.07, 6.45) is 8.06. The Balaban J connectivity index is 1.52. The summed E-state index contributed by atoms with van der Waals surface area (Å²) < 4.78 is 49.7. The molecule has 0 aromatic heterocycles. The fourth-order valence-corrected chi connectivity index (χ4v) is 5.96. The molecule has 0 saturated carbocycles. The zero-order chi connectivity index (χ0) is 32.3. The van der Waals surface area contributed by atoms with Crippen LogP contribution in [0.5, 0.6) is 34.5 Å². The maximum atomic E-state index is 14.6. The van der Waals surface area contributed by atoms with Gasteiger partial charge < -0.3 is 44.0 Å². The van der Waals surface area contributed by atoms with E-state index < -0.39 is 29.3 Å². The Labute approximate surface area is 265 Å². The number of carbonyl (C=O) groups excluding carboxylic acids is 1. The number of carbonyl (C=O) groups is 1. The number of hydrogen-bond acceptors (Lipinski definition) is 9. The van der Waals surface area contributed by atoms with Crippen molar-refractivity contribution in [1.82, 2.24) is 0 Å². The molecule has 0 saturated heterocycles. The third-order valence-electron chi connectivity index (χ3n) is 8.14. The van der Waals surface area contributed by atoms with Gasteiger partial charge in [-0.2, -0.15) is 0 Å². The summed E-state index contributed by atoms with van der Waals surface area (Å²) in [6.45, 7) is 3.37. The van der Waals surface area contributed by atoms with Crippen LogP contribution >= 0.6 is 0 Å². The van der Waals surface area contributed by atoms with E-state index in [4.69, 9.17) is 34.8 Å². The lowest BCUT2D eigenvalue weighted by atomic mass is 9.69. The number of terminal acetylenes is 1. The average molecular weight is 632 g/mol. The standard InChI is InChI=1S/C35H34FNO9/c1-3-5-6-7-9-23(39)18-42-29-16-33-31(44-20-46-33)14-26(29)35(24-11-10-21(36)12-27(24)37-34(35)40)25-13-30-32(45-19-43-30)15-28(25)41-17-22(38)8-4-2/h1,4,10-16,22-23,38-39H,2,5-9,17-20H2,(H,37,40)/t22-,23-,35?/m1/s1. The topological polar surface area (TPSA) is 125 Å². The van der Waals surface area contributed by atoms with Crippen molar-refractivity contribution in [2.45, 2.75) is 49.7 Å². The molecule has 10 nitrogen and oxygen atoms in total. The quantitative estimate of drug-likeness (QED) is 0.131. The zero-order valence-electron chi connectivity index (χ0n) is 25.1. The predicted molar refractivity (Wildman–Crippen MR) is 165 cm³/mol. The predicted octanol–water partition coefficient (Wildman–Crippen LogP) is 4.82. The smallest absolute Gasteiger partial charge is 0.244 e. The van der Waals surface area contributed by atoms with Crippen molar-refractivity contribution in [1.29, 1.82) is 0 Å². The molecule has 6 rings (SSSR count). The zero-order valence-corrected chi connectivity index (χ0v) is 25.1. The molecule has 3 aromatic carbocycles. The van der Waals surface area contributed by atoms with E-state index in [2.05, 4.69) is 17.8 Å². The van der Waals surface area contributed by atoms with Gasteiger partial charge in [-0.3, -0.25) is 4.79 Å². The second-order valence-electron chi connectivity index (χ2n) is 11.2. The first-order valence-corrected chi connectivity index (χ1v) is 15.0. The highest BCUT2D eigenvalue weighted by Gasteiger charge is 2.54.